The minimum atomic E-state index is -0.835. The van der Waals surface area contributed by atoms with Gasteiger partial charge in [0.2, 0.25) is 5.91 Å². The van der Waals surface area contributed by atoms with Crippen LogP contribution in [0.2, 0.25) is 0 Å². The van der Waals surface area contributed by atoms with E-state index in [0.29, 0.717) is 53.6 Å². The molecular weight excluding hydrogens is 1040 g/mol. The first kappa shape index (κ1) is 73.9. The predicted molar refractivity (Wildman–Crippen MR) is 342 cm³/mol. The quantitative estimate of drug-likeness (QED) is 0.0235. The maximum Gasteiger partial charge on any atom is 0.280 e. The zero-order chi connectivity index (χ0) is 61.6. The first-order valence-electron chi connectivity index (χ1n) is 29.9. The zero-order valence-electron chi connectivity index (χ0n) is 53.0. The van der Waals surface area contributed by atoms with E-state index in [9.17, 15) is 28.0 Å². The number of nitrogens with zero attached hydrogens (tertiary/aromatic N) is 5. The van der Waals surface area contributed by atoms with Crippen LogP contribution < -0.4 is 21.3 Å². The fourth-order valence-corrected chi connectivity index (χ4v) is 10.7. The van der Waals surface area contributed by atoms with E-state index in [2.05, 4.69) is 69.7 Å². The molecule has 2 aromatic carbocycles. The van der Waals surface area contributed by atoms with E-state index in [1.165, 1.54) is 83.4 Å². The van der Waals surface area contributed by atoms with Crippen LogP contribution >= 0.6 is 9.24 Å². The molecule has 3 N–H and O–H groups in total. The lowest BCUT2D eigenvalue weighted by atomic mass is 9.83. The minimum absolute atomic E-state index is 0.00872. The molecule has 5 rings (SSSR count). The van der Waals surface area contributed by atoms with E-state index in [-0.39, 0.29) is 52.4 Å². The number of methoxy groups -OCH3 is 1. The number of aliphatic imine (C=N–C) groups is 1. The molecule has 12 nitrogen and oxygen atoms in total. The average Bonchev–Trinajstić information content (AvgIpc) is 3.99. The molecule has 15 heteroatoms. The molecule has 1 aliphatic carbocycles. The van der Waals surface area contributed by atoms with Gasteiger partial charge in [-0.15, -0.1) is 14.4 Å². The number of ether oxygens (including phenoxy) is 1. The predicted octanol–water partition coefficient (Wildman–Crippen LogP) is 13.4. The van der Waals surface area contributed by atoms with Crippen molar-refractivity contribution in [2.24, 2.45) is 16.6 Å². The number of ketones is 2. The van der Waals surface area contributed by atoms with Gasteiger partial charge in [0, 0.05) is 81.7 Å². The number of hydrogen-bond donors (Lipinski definition) is 2. The summed E-state index contributed by atoms with van der Waals surface area (Å²) < 4.78 is 35.1. The number of allylic oxidation sites excluding steroid dienone is 3. The number of fused-ring (bicyclic) bond motifs is 2. The van der Waals surface area contributed by atoms with Crippen molar-refractivity contribution >= 4 is 55.4 Å². The molecular formula is C66H106F2N7O5P. The summed E-state index contributed by atoms with van der Waals surface area (Å²) in [6, 6.07) is 8.67. The zero-order valence-corrected chi connectivity index (χ0v) is 54.2. The fraction of sp³-hybridized carbons (Fsp3) is 0.591. The molecule has 0 saturated heterocycles. The first-order chi connectivity index (χ1) is 38.6. The molecule has 4 unspecified atom stereocenters. The van der Waals surface area contributed by atoms with Gasteiger partial charge in [0.1, 0.15) is 11.9 Å². The number of benzene rings is 2. The molecule has 4 atom stereocenters. The van der Waals surface area contributed by atoms with Gasteiger partial charge in [0.15, 0.2) is 11.6 Å². The van der Waals surface area contributed by atoms with Crippen LogP contribution in [0.3, 0.4) is 0 Å². The Balaban J connectivity index is 0.000000648. The molecule has 2 amide bonds. The lowest BCUT2D eigenvalue weighted by molar-refractivity contribution is -0.135. The number of primary amides is 1. The van der Waals surface area contributed by atoms with Gasteiger partial charge in [0.05, 0.1) is 23.8 Å². The average molecular weight is 1150 g/mol. The number of carbonyl (C=O) groups excluding carboxylic acids is 4. The van der Waals surface area contributed by atoms with Crippen LogP contribution in [-0.2, 0) is 24.5 Å². The summed E-state index contributed by atoms with van der Waals surface area (Å²) in [7, 11) is 7.39. The molecule has 3 aliphatic rings. The molecule has 0 bridgehead atoms. The van der Waals surface area contributed by atoms with Crippen molar-refractivity contribution in [2.75, 3.05) is 65.4 Å². The second kappa shape index (κ2) is 38.6. The summed E-state index contributed by atoms with van der Waals surface area (Å²) in [6.45, 7) is 37.7. The number of nitrogens with one attached hydrogen (secondary N) is 1. The van der Waals surface area contributed by atoms with E-state index in [1.807, 2.05) is 78.5 Å². The number of nitrogens with two attached hydrogens (primary N) is 1. The Kier molecular flexibility index (Phi) is 35.2. The van der Waals surface area contributed by atoms with Crippen LogP contribution in [0.25, 0.3) is 5.57 Å². The summed E-state index contributed by atoms with van der Waals surface area (Å²) in [6.07, 6.45) is 19.7. The van der Waals surface area contributed by atoms with Crippen LogP contribution in [0, 0.1) is 18.7 Å². The highest BCUT2D eigenvalue weighted by Crippen LogP contribution is 2.55. The van der Waals surface area contributed by atoms with Crippen molar-refractivity contribution in [1.29, 1.82) is 0 Å². The molecule has 0 aromatic heterocycles. The van der Waals surface area contributed by atoms with Gasteiger partial charge in [0.25, 0.3) is 5.91 Å². The highest BCUT2D eigenvalue weighted by Gasteiger charge is 2.55. The van der Waals surface area contributed by atoms with Gasteiger partial charge in [-0.2, -0.15) is 0 Å². The number of halogens is 2. The molecule has 454 valence electrons. The molecule has 1 saturated carbocycles. The van der Waals surface area contributed by atoms with Crippen molar-refractivity contribution in [1.82, 2.24) is 20.2 Å². The Bertz CT molecular complexity index is 2430. The second-order valence-electron chi connectivity index (χ2n) is 21.1. The van der Waals surface area contributed by atoms with E-state index < -0.39 is 17.8 Å². The largest absolute Gasteiger partial charge is 0.391 e. The van der Waals surface area contributed by atoms with Crippen LogP contribution in [0.15, 0.2) is 88.7 Å². The Labute approximate surface area is 491 Å². The van der Waals surface area contributed by atoms with Gasteiger partial charge >= 0.3 is 0 Å². The highest BCUT2D eigenvalue weighted by atomic mass is 31.0. The van der Waals surface area contributed by atoms with Crippen molar-refractivity contribution < 1.29 is 32.8 Å². The number of Topliss-reactive ketones (excluding diaryl/α,β-unsaturated/α-hetero) is 2. The maximum atomic E-state index is 15.0. The standard InChI is InChI=1S/C29H37F2N4O2P.C19H26N2O3.C14H31N.2C2H6/c1-18(14-19(2)26(8-11-32-6)35(31)28(37)15-20(3)33-7)21(4)34-12-9-23(10-13-34)29-25(30)16-24(22(5)36)17-27(29)38;1-12-4-6-15-14(10-12)19(8-9-19)17(22)11-21(15)16(18(20)23)7-5-13(2)24-3;1-5-9-14(10-6-2)13-15(11-7-3)12-8-4;2*1-2/h8-9,11,14-17,21,33H,2,10,12-13,38H2,1,3-7H3;4,6,10,13,16H,5,7-9,11H2,1-3H3,(H2,20,23);14H,5-13H2,1-4H3;2*1-2H3/b18-14+,20-15+,26-8+,32-11?;;;;. The summed E-state index contributed by atoms with van der Waals surface area (Å²) in [5, 5.41) is 3.51. The van der Waals surface area contributed by atoms with Crippen molar-refractivity contribution in [3.05, 3.63) is 112 Å². The van der Waals surface area contributed by atoms with Crippen LogP contribution in [0.5, 0.6) is 0 Å². The normalized spacial score (nSPS) is 16.1. The van der Waals surface area contributed by atoms with E-state index in [1.54, 1.807) is 40.3 Å². The number of aryl methyl sites for hydroxylation is 1. The van der Waals surface area contributed by atoms with Gasteiger partial charge in [-0.3, -0.25) is 29.1 Å². The molecule has 0 radical (unpaired) electrons. The van der Waals surface area contributed by atoms with Crippen molar-refractivity contribution in [2.45, 2.75) is 191 Å². The smallest absolute Gasteiger partial charge is 0.280 e. The Morgan fingerprint density at radius 2 is 1.57 bits per heavy atom. The van der Waals surface area contributed by atoms with Gasteiger partial charge in [-0.1, -0.05) is 115 Å². The summed E-state index contributed by atoms with van der Waals surface area (Å²) >= 11 is 0. The molecule has 81 heavy (non-hydrogen) atoms. The van der Waals surface area contributed by atoms with E-state index in [0.717, 1.165) is 59.2 Å². The monoisotopic (exact) mass is 1150 g/mol. The summed E-state index contributed by atoms with van der Waals surface area (Å²) in [4.78, 5) is 59.5. The first-order valence-corrected chi connectivity index (χ1v) is 30.5. The number of hydrogen-bond acceptors (Lipinski definition) is 10. The minimum Gasteiger partial charge on any atom is -0.391 e. The van der Waals surface area contributed by atoms with Crippen molar-refractivity contribution in [3.8, 4) is 0 Å². The number of rotatable bonds is 26. The van der Waals surface area contributed by atoms with Gasteiger partial charge in [-0.25, -0.2) is 4.39 Å². The Morgan fingerprint density at radius 1 is 0.951 bits per heavy atom. The van der Waals surface area contributed by atoms with Gasteiger partial charge < -0.3 is 25.6 Å². The molecule has 1 fully saturated rings. The molecule has 2 heterocycles. The summed E-state index contributed by atoms with van der Waals surface area (Å²) in [5.41, 5.74) is 12.1. The number of anilines is 1. The van der Waals surface area contributed by atoms with Crippen molar-refractivity contribution in [3.63, 3.8) is 0 Å². The van der Waals surface area contributed by atoms with Gasteiger partial charge in [-0.05, 0) is 165 Å². The maximum absolute atomic E-state index is 15.0. The molecule has 1 spiro atoms. The Morgan fingerprint density at radius 3 is 2.05 bits per heavy atom. The second-order valence-corrected chi connectivity index (χ2v) is 21.8. The van der Waals surface area contributed by atoms with E-state index in [4.69, 9.17) is 10.5 Å². The lowest BCUT2D eigenvalue weighted by Gasteiger charge is -2.39. The van der Waals surface area contributed by atoms with Crippen LogP contribution in [0.1, 0.15) is 188 Å². The third-order valence-electron chi connectivity index (χ3n) is 15.1. The number of carbonyl (C=O) groups is 4. The number of amides is 2. The summed E-state index contributed by atoms with van der Waals surface area (Å²) in [5.74, 6) is -0.638. The van der Waals surface area contributed by atoms with E-state index >= 15 is 0 Å². The highest BCUT2D eigenvalue weighted by molar-refractivity contribution is 7.27. The third kappa shape index (κ3) is 22.9. The van der Waals surface area contributed by atoms with Crippen LogP contribution in [0.4, 0.5) is 14.6 Å². The molecule has 2 aliphatic heterocycles. The topological polar surface area (TPSA) is 141 Å². The SMILES string of the molecule is C=C(/C=C(\C)C(C)N1CC=C(c2c(F)cc(C(C)=O)cc2P)CC1)/C(=C\C=NC)N(F)C(=O)/C=C(\C)NC.CC.CC.CCCC(CCC)CN(CCC)CCC.COC(C)CCC(C(N)=O)N1CC(=O)C2(CC2)c2cc(C)ccc21. The Hall–Kier alpha value is -5.14. The lowest BCUT2D eigenvalue weighted by Crippen LogP contribution is -2.52. The molecule has 2 aromatic rings. The fourth-order valence-electron chi connectivity index (χ4n) is 10.2. The third-order valence-corrected chi connectivity index (χ3v) is 15.5. The van der Waals surface area contributed by atoms with Crippen LogP contribution in [-0.4, -0.2) is 123 Å².